The molecule has 41 heavy (non-hydrogen) atoms. The van der Waals surface area contributed by atoms with Gasteiger partial charge in [-0.3, -0.25) is 9.59 Å². The van der Waals surface area contributed by atoms with E-state index in [1.54, 1.807) is 17.2 Å². The number of hydrogen-bond acceptors (Lipinski definition) is 4. The third kappa shape index (κ3) is 8.24. The first-order valence-corrected chi connectivity index (χ1v) is 14.0. The lowest BCUT2D eigenvalue weighted by molar-refractivity contribution is -0.139. The maximum atomic E-state index is 14.9. The fraction of sp³-hybridized carbons (Fsp3) is 0.438. The number of nitrogens with zero attached hydrogens (tertiary/aromatic N) is 2. The van der Waals surface area contributed by atoms with Crippen LogP contribution < -0.4 is 11.1 Å². The fourth-order valence-electron chi connectivity index (χ4n) is 4.98. The normalized spacial score (nSPS) is 13.2. The zero-order valence-electron chi connectivity index (χ0n) is 24.5. The Morgan fingerprint density at radius 2 is 1.76 bits per heavy atom. The van der Waals surface area contributed by atoms with Gasteiger partial charge in [0.25, 0.3) is 0 Å². The molecule has 0 aliphatic rings. The van der Waals surface area contributed by atoms with Crippen molar-refractivity contribution in [3.8, 4) is 11.1 Å². The zero-order chi connectivity index (χ0) is 30.3. The summed E-state index contributed by atoms with van der Waals surface area (Å²) in [6.07, 6.45) is 2.20. The molecule has 0 spiro atoms. The lowest BCUT2D eigenvalue weighted by Crippen LogP contribution is -2.46. The van der Waals surface area contributed by atoms with Crippen LogP contribution in [-0.2, 0) is 16.1 Å². The molecule has 0 saturated carbocycles. The number of nitrogens with one attached hydrogen (secondary N) is 1. The molecule has 0 fully saturated rings. The molecule has 2 aromatic carbocycles. The van der Waals surface area contributed by atoms with E-state index >= 15 is 0 Å². The number of nitrogens with two attached hydrogens (primary N) is 1. The van der Waals surface area contributed by atoms with Crippen molar-refractivity contribution in [1.29, 1.82) is 0 Å². The molecule has 2 atom stereocenters. The molecule has 0 aliphatic carbocycles. The van der Waals surface area contributed by atoms with Crippen LogP contribution in [0.4, 0.5) is 8.78 Å². The number of amides is 2. The number of halogens is 2. The van der Waals surface area contributed by atoms with Crippen molar-refractivity contribution in [1.82, 2.24) is 14.8 Å². The minimum Gasteiger partial charge on any atom is -0.387 e. The second-order valence-corrected chi connectivity index (χ2v) is 11.8. The first-order chi connectivity index (χ1) is 19.3. The van der Waals surface area contributed by atoms with Gasteiger partial charge in [-0.05, 0) is 47.6 Å². The van der Waals surface area contributed by atoms with Crippen LogP contribution >= 0.6 is 0 Å². The highest BCUT2D eigenvalue weighted by atomic mass is 19.1. The van der Waals surface area contributed by atoms with Gasteiger partial charge in [-0.1, -0.05) is 65.0 Å². The average molecular weight is 569 g/mol. The van der Waals surface area contributed by atoms with E-state index in [0.717, 1.165) is 23.8 Å². The molecular formula is C32H42F2N4O3. The lowest BCUT2D eigenvalue weighted by Gasteiger charge is -2.41. The van der Waals surface area contributed by atoms with E-state index in [4.69, 9.17) is 5.73 Å². The summed E-state index contributed by atoms with van der Waals surface area (Å²) in [5.41, 5.74) is 7.73. The summed E-state index contributed by atoms with van der Waals surface area (Å²) < 4.78 is 31.0. The maximum Gasteiger partial charge on any atom is 0.248 e. The molecule has 0 bridgehead atoms. The number of aliphatic hydroxyl groups excluding tert-OH is 1. The SMILES string of the molecule is CC(C)[C@H](N)C(=O)NCCCN(C(=O)CO)[C@@H](c1cc(-c2cc(F)ccc2F)cn1Cc1ccccc1)C(C)(C)C. The van der Waals surface area contributed by atoms with E-state index in [-0.39, 0.29) is 23.9 Å². The van der Waals surface area contributed by atoms with Gasteiger partial charge < -0.3 is 25.6 Å². The summed E-state index contributed by atoms with van der Waals surface area (Å²) in [7, 11) is 0. The van der Waals surface area contributed by atoms with Gasteiger partial charge in [0.05, 0.1) is 12.1 Å². The highest BCUT2D eigenvalue weighted by Crippen LogP contribution is 2.41. The Morgan fingerprint density at radius 1 is 1.07 bits per heavy atom. The van der Waals surface area contributed by atoms with Crippen molar-refractivity contribution < 1.29 is 23.5 Å². The third-order valence-corrected chi connectivity index (χ3v) is 7.13. The van der Waals surface area contributed by atoms with Crippen molar-refractivity contribution in [2.75, 3.05) is 19.7 Å². The predicted molar refractivity (Wildman–Crippen MR) is 157 cm³/mol. The van der Waals surface area contributed by atoms with Crippen molar-refractivity contribution >= 4 is 11.8 Å². The third-order valence-electron chi connectivity index (χ3n) is 7.13. The molecule has 0 saturated heterocycles. The fourth-order valence-corrected chi connectivity index (χ4v) is 4.98. The lowest BCUT2D eigenvalue weighted by atomic mass is 9.83. The van der Waals surface area contributed by atoms with Gasteiger partial charge in [0.15, 0.2) is 0 Å². The van der Waals surface area contributed by atoms with E-state index in [2.05, 4.69) is 5.32 Å². The smallest absolute Gasteiger partial charge is 0.248 e. The summed E-state index contributed by atoms with van der Waals surface area (Å²) >= 11 is 0. The number of benzene rings is 2. The first kappa shape index (κ1) is 32.0. The topological polar surface area (TPSA) is 101 Å². The Labute approximate surface area is 241 Å². The number of carbonyl (C=O) groups is 2. The number of rotatable bonds is 12. The highest BCUT2D eigenvalue weighted by molar-refractivity contribution is 5.81. The van der Waals surface area contributed by atoms with Crippen LogP contribution in [-0.4, -0.2) is 52.1 Å². The predicted octanol–water partition coefficient (Wildman–Crippen LogP) is 4.88. The molecule has 4 N–H and O–H groups in total. The van der Waals surface area contributed by atoms with E-state index in [0.29, 0.717) is 30.8 Å². The van der Waals surface area contributed by atoms with E-state index in [1.807, 2.05) is 69.5 Å². The molecule has 2 amide bonds. The minimum absolute atomic E-state index is 0.0118. The summed E-state index contributed by atoms with van der Waals surface area (Å²) in [5.74, 6) is -1.85. The van der Waals surface area contributed by atoms with Crippen LogP contribution in [0.5, 0.6) is 0 Å². The van der Waals surface area contributed by atoms with Crippen LogP contribution in [0.2, 0.25) is 0 Å². The minimum atomic E-state index is -0.693. The molecule has 3 rings (SSSR count). The number of hydrogen-bond donors (Lipinski definition) is 3. The molecule has 222 valence electrons. The van der Waals surface area contributed by atoms with Crippen molar-refractivity contribution in [2.24, 2.45) is 17.1 Å². The summed E-state index contributed by atoms with van der Waals surface area (Å²) in [6.45, 7) is 9.99. The summed E-state index contributed by atoms with van der Waals surface area (Å²) in [4.78, 5) is 27.1. The zero-order valence-corrected chi connectivity index (χ0v) is 24.5. The summed E-state index contributed by atoms with van der Waals surface area (Å²) in [6, 6.07) is 13.7. The monoisotopic (exact) mass is 568 g/mol. The first-order valence-electron chi connectivity index (χ1n) is 14.0. The van der Waals surface area contributed by atoms with Crippen molar-refractivity contribution in [3.05, 3.63) is 83.7 Å². The van der Waals surface area contributed by atoms with E-state index in [1.165, 1.54) is 0 Å². The molecule has 1 aromatic heterocycles. The Morgan fingerprint density at radius 3 is 2.37 bits per heavy atom. The van der Waals surface area contributed by atoms with Crippen molar-refractivity contribution in [2.45, 2.75) is 59.7 Å². The molecule has 0 aliphatic heterocycles. The van der Waals surface area contributed by atoms with Crippen LogP contribution in [0, 0.1) is 23.0 Å². The molecule has 0 radical (unpaired) electrons. The quantitative estimate of drug-likeness (QED) is 0.271. The molecule has 7 nitrogen and oxygen atoms in total. The van der Waals surface area contributed by atoms with Gasteiger partial charge in [-0.15, -0.1) is 0 Å². The van der Waals surface area contributed by atoms with Gasteiger partial charge >= 0.3 is 0 Å². The van der Waals surface area contributed by atoms with Crippen LogP contribution in [0.1, 0.15) is 58.3 Å². The molecule has 3 aromatic rings. The Hall–Kier alpha value is -3.56. The van der Waals surface area contributed by atoms with Crippen LogP contribution in [0.25, 0.3) is 11.1 Å². The van der Waals surface area contributed by atoms with Gasteiger partial charge in [-0.25, -0.2) is 8.78 Å². The highest BCUT2D eigenvalue weighted by Gasteiger charge is 2.37. The Kier molecular flexibility index (Phi) is 10.8. The van der Waals surface area contributed by atoms with E-state index in [9.17, 15) is 23.5 Å². The molecule has 9 heteroatoms. The maximum absolute atomic E-state index is 14.9. The van der Waals surface area contributed by atoms with Crippen LogP contribution in [0.15, 0.2) is 60.8 Å². The van der Waals surface area contributed by atoms with Crippen LogP contribution in [0.3, 0.4) is 0 Å². The molecular weight excluding hydrogens is 526 g/mol. The Balaban J connectivity index is 2.03. The van der Waals surface area contributed by atoms with Gasteiger partial charge in [0.1, 0.15) is 18.2 Å². The standard InChI is InChI=1S/C32H42F2N4O3/c1-21(2)29(35)31(41)36-14-9-15-38(28(40)20-39)30(32(3,4)5)27-16-23(25-17-24(33)12-13-26(25)34)19-37(27)18-22-10-7-6-8-11-22/h6-8,10-13,16-17,19,21,29-30,39H,9,14-15,18,20,35H2,1-5H3,(H,36,41)/t29-,30-/m0/s1. The second kappa shape index (κ2) is 13.9. The average Bonchev–Trinajstić information content (AvgIpc) is 3.32. The summed E-state index contributed by atoms with van der Waals surface area (Å²) in [5, 5.41) is 12.8. The van der Waals surface area contributed by atoms with Crippen molar-refractivity contribution in [3.63, 3.8) is 0 Å². The molecule has 0 unspecified atom stereocenters. The number of aromatic nitrogens is 1. The van der Waals surface area contributed by atoms with Gasteiger partial charge in [0, 0.05) is 42.7 Å². The largest absolute Gasteiger partial charge is 0.387 e. The van der Waals surface area contributed by atoms with Gasteiger partial charge in [0.2, 0.25) is 11.8 Å². The van der Waals surface area contributed by atoms with Gasteiger partial charge in [-0.2, -0.15) is 0 Å². The number of carbonyl (C=O) groups excluding carboxylic acids is 2. The van der Waals surface area contributed by atoms with E-state index < -0.39 is 41.6 Å². The number of aliphatic hydroxyl groups is 1. The second-order valence-electron chi connectivity index (χ2n) is 11.8. The Bertz CT molecular complexity index is 1320. The molecule has 1 heterocycles.